The van der Waals surface area contributed by atoms with Crippen LogP contribution in [0.1, 0.15) is 144 Å². The quantitative estimate of drug-likeness (QED) is 0.0245. The van der Waals surface area contributed by atoms with Crippen LogP contribution in [-0.2, 0) is 19.1 Å². The topological polar surface area (TPSA) is 58.9 Å². The zero-order chi connectivity index (χ0) is 41.5. The smallest absolute Gasteiger partial charge is 0.371 e. The lowest BCUT2D eigenvalue weighted by Gasteiger charge is -2.38. The van der Waals surface area contributed by atoms with Crippen molar-refractivity contribution in [3.63, 3.8) is 0 Å². The van der Waals surface area contributed by atoms with Crippen molar-refractivity contribution in [3.8, 4) is 0 Å². The van der Waals surface area contributed by atoms with E-state index in [2.05, 4.69) is 52.5 Å². The van der Waals surface area contributed by atoms with Crippen molar-refractivity contribution < 1.29 is 48.6 Å². The molecule has 2 heterocycles. The number of likely N-dealkylation sites (tertiary alicyclic amines) is 1. The molecule has 2 aliphatic carbocycles. The van der Waals surface area contributed by atoms with Crippen molar-refractivity contribution in [1.82, 2.24) is 4.90 Å². The van der Waals surface area contributed by atoms with Crippen molar-refractivity contribution in [1.29, 1.82) is 0 Å². The number of allylic oxidation sites excluding steroid dienone is 6. The molecule has 0 aromatic carbocycles. The number of unbranched alkanes of at least 4 members (excludes halogenated alkanes) is 8. The average molecular weight is 863 g/mol. The molecule has 56 heavy (non-hydrogen) atoms. The summed E-state index contributed by atoms with van der Waals surface area (Å²) in [4.78, 5) is 5.92. The summed E-state index contributed by atoms with van der Waals surface area (Å²) in [5.41, 5.74) is -4.05. The number of sulfone groups is 1. The number of hydrogen-bond acceptors (Lipinski definition) is 6. The lowest BCUT2D eigenvalue weighted by molar-refractivity contribution is -0.566. The summed E-state index contributed by atoms with van der Waals surface area (Å²) in [5.74, 6) is -0.0821. The third-order valence-electron chi connectivity index (χ3n) is 13.0. The van der Waals surface area contributed by atoms with Crippen LogP contribution in [0.2, 0.25) is 0 Å². The van der Waals surface area contributed by atoms with E-state index in [1.54, 1.807) is 0 Å². The summed E-state index contributed by atoms with van der Waals surface area (Å²) in [5, 5.41) is -1.11. The highest BCUT2D eigenvalue weighted by Crippen LogP contribution is 2.55. The standard InChI is InChI=1S/C41H64ClF6N2O4S2/c1-7-9-11-13-15-25-49-34-21-19-30(55-54-53-40(43,44)45)27-32(34)38(3,4)36(49)23-17-29(42)18-24-37-39(5,6)33-28-31(56(51,52)41(46,47)48)20-22-35(33)50(37)26-16-14-12-10-8-2/h17-18,23-24,30-35H,7-16,19-22,25-28H2,1-6H3/q+1. The number of fused-ring (bicyclic) bond motifs is 2. The van der Waals surface area contributed by atoms with E-state index in [1.807, 2.05) is 32.1 Å². The average Bonchev–Trinajstić information content (AvgIpc) is 3.45. The first-order valence-corrected chi connectivity index (χ1v) is 23.4. The Morgan fingerprint density at radius 2 is 1.52 bits per heavy atom. The summed E-state index contributed by atoms with van der Waals surface area (Å²) in [6.45, 7) is 14.4. The first kappa shape index (κ1) is 47.5. The molecule has 6 nitrogen and oxygen atoms in total. The van der Waals surface area contributed by atoms with E-state index in [0.717, 1.165) is 101 Å². The van der Waals surface area contributed by atoms with E-state index in [9.17, 15) is 34.8 Å². The minimum Gasteiger partial charge on any atom is -0.371 e. The maximum Gasteiger partial charge on any atom is 0.550 e. The number of halogens is 7. The zero-order valence-electron chi connectivity index (χ0n) is 34.0. The molecule has 2 aliphatic heterocycles. The molecule has 1 saturated heterocycles. The Bertz CT molecular complexity index is 1540. The fraction of sp³-hybridized carbons (Fsp3) is 0.829. The Morgan fingerprint density at radius 1 is 0.875 bits per heavy atom. The molecule has 15 heteroatoms. The van der Waals surface area contributed by atoms with Gasteiger partial charge in [0.15, 0.2) is 11.8 Å². The van der Waals surface area contributed by atoms with Crippen molar-refractivity contribution in [2.24, 2.45) is 22.7 Å². The molecule has 0 radical (unpaired) electrons. The molecular weight excluding hydrogens is 798 g/mol. The first-order chi connectivity index (χ1) is 26.2. The largest absolute Gasteiger partial charge is 0.550 e. The van der Waals surface area contributed by atoms with Crippen molar-refractivity contribution >= 4 is 39.2 Å². The van der Waals surface area contributed by atoms with E-state index in [-0.39, 0.29) is 47.4 Å². The normalized spacial score (nSPS) is 29.1. The van der Waals surface area contributed by atoms with E-state index in [1.165, 1.54) is 6.42 Å². The summed E-state index contributed by atoms with van der Waals surface area (Å²) in [6, 6.07) is 0.181. The monoisotopic (exact) mass is 861 g/mol. The first-order valence-electron chi connectivity index (χ1n) is 20.7. The van der Waals surface area contributed by atoms with Crippen LogP contribution in [0.15, 0.2) is 35.0 Å². The molecular formula is C41H64ClF6N2O4S2+. The van der Waals surface area contributed by atoms with Gasteiger partial charge in [-0.3, -0.25) is 0 Å². The van der Waals surface area contributed by atoms with Gasteiger partial charge in [0, 0.05) is 70.9 Å². The van der Waals surface area contributed by atoms with Gasteiger partial charge < -0.3 is 4.90 Å². The summed E-state index contributed by atoms with van der Waals surface area (Å²) >= 11 is 7.70. The third-order valence-corrected chi connectivity index (χ3v) is 16.0. The number of rotatable bonds is 19. The molecule has 0 N–H and O–H groups in total. The minimum absolute atomic E-state index is 0.0165. The van der Waals surface area contributed by atoms with Crippen LogP contribution in [0.25, 0.3) is 0 Å². The second kappa shape index (κ2) is 19.9. The fourth-order valence-corrected chi connectivity index (χ4v) is 12.2. The lowest BCUT2D eigenvalue weighted by Crippen LogP contribution is -2.45. The molecule has 0 spiro atoms. The van der Waals surface area contributed by atoms with E-state index < -0.39 is 32.4 Å². The summed E-state index contributed by atoms with van der Waals surface area (Å²) < 4.78 is 111. The number of nitrogens with zero attached hydrogens (tertiary/aromatic N) is 2. The maximum absolute atomic E-state index is 13.6. The molecule has 6 atom stereocenters. The highest BCUT2D eigenvalue weighted by molar-refractivity contribution is 7.95. The summed E-state index contributed by atoms with van der Waals surface area (Å²) in [6.07, 6.45) is 16.4. The highest BCUT2D eigenvalue weighted by atomic mass is 35.5. The van der Waals surface area contributed by atoms with E-state index in [0.29, 0.717) is 24.3 Å². The van der Waals surface area contributed by atoms with E-state index >= 15 is 0 Å². The van der Waals surface area contributed by atoms with Gasteiger partial charge in [-0.2, -0.15) is 17.5 Å². The lowest BCUT2D eigenvalue weighted by atomic mass is 9.69. The number of alkyl halides is 6. The minimum atomic E-state index is -5.28. The third kappa shape index (κ3) is 11.5. The Labute approximate surface area is 341 Å². The fourth-order valence-electron chi connectivity index (χ4n) is 10.0. The van der Waals surface area contributed by atoms with Crippen LogP contribution in [0.5, 0.6) is 0 Å². The molecule has 2 saturated carbocycles. The van der Waals surface area contributed by atoms with Gasteiger partial charge in [0.05, 0.1) is 10.7 Å². The Hall–Kier alpha value is -1.22. The Kier molecular flexibility index (Phi) is 16.9. The van der Waals surface area contributed by atoms with Crippen molar-refractivity contribution in [3.05, 3.63) is 35.0 Å². The number of hydrogen-bond donors (Lipinski definition) is 0. The molecule has 0 amide bonds. The van der Waals surface area contributed by atoms with Gasteiger partial charge >= 0.3 is 11.9 Å². The van der Waals surface area contributed by atoms with Crippen molar-refractivity contribution in [2.45, 2.75) is 179 Å². The van der Waals surface area contributed by atoms with Gasteiger partial charge in [-0.1, -0.05) is 84.2 Å². The highest BCUT2D eigenvalue weighted by Gasteiger charge is 2.59. The molecule has 6 unspecified atom stereocenters. The molecule has 4 aliphatic rings. The van der Waals surface area contributed by atoms with Crippen LogP contribution in [0, 0.1) is 22.7 Å². The van der Waals surface area contributed by atoms with Gasteiger partial charge in [0.1, 0.15) is 6.54 Å². The Balaban J connectivity index is 1.60. The summed E-state index contributed by atoms with van der Waals surface area (Å²) in [7, 11) is -5.28. The SMILES string of the molecule is CCCCCCCN1C(=CC=C(Cl)C=CC2=[N+](CCCCCCC)C3CCC(SOOC(F)(F)F)CC3C2(C)C)C(C)(C)C2CC(S(=O)(=O)C(F)(F)F)CCC21. The van der Waals surface area contributed by atoms with Gasteiger partial charge in [0.25, 0.3) is 9.84 Å². The molecule has 322 valence electrons. The predicted octanol–water partition coefficient (Wildman–Crippen LogP) is 12.5. The van der Waals surface area contributed by atoms with Gasteiger partial charge in [-0.15, -0.1) is 18.1 Å². The van der Waals surface area contributed by atoms with Crippen LogP contribution in [0.4, 0.5) is 26.3 Å². The second-order valence-electron chi connectivity index (χ2n) is 17.4. The van der Waals surface area contributed by atoms with Crippen LogP contribution in [-0.4, -0.2) is 71.1 Å². The Morgan fingerprint density at radius 3 is 2.14 bits per heavy atom. The molecule has 0 aromatic rings. The second-order valence-corrected chi connectivity index (χ2v) is 21.0. The van der Waals surface area contributed by atoms with Crippen LogP contribution >= 0.6 is 23.6 Å². The molecule has 0 aromatic heterocycles. The van der Waals surface area contributed by atoms with E-state index in [4.69, 9.17) is 11.6 Å². The van der Waals surface area contributed by atoms with Crippen LogP contribution in [0.3, 0.4) is 0 Å². The molecule has 4 rings (SSSR count). The maximum atomic E-state index is 13.6. The molecule has 0 bridgehead atoms. The van der Waals surface area contributed by atoms with Gasteiger partial charge in [0.2, 0.25) is 0 Å². The van der Waals surface area contributed by atoms with Gasteiger partial charge in [-0.25, -0.2) is 13.0 Å². The van der Waals surface area contributed by atoms with Gasteiger partial charge in [-0.05, 0) is 82.9 Å². The predicted molar refractivity (Wildman–Crippen MR) is 214 cm³/mol. The molecule has 3 fully saturated rings. The van der Waals surface area contributed by atoms with Crippen molar-refractivity contribution in [2.75, 3.05) is 13.1 Å². The van der Waals surface area contributed by atoms with Crippen LogP contribution < -0.4 is 0 Å². The zero-order valence-corrected chi connectivity index (χ0v) is 36.4.